The number of nitrogens with one attached hydrogen (secondary N) is 1. The van der Waals surface area contributed by atoms with Gasteiger partial charge in [0.05, 0.1) is 14.2 Å². The molecule has 0 aromatic heterocycles. The van der Waals surface area contributed by atoms with Crippen LogP contribution in [-0.4, -0.2) is 26.3 Å². The molecule has 1 saturated carbocycles. The molecular weight excluding hydrogens is 228 g/mol. The fraction of sp³-hybridized carbons (Fsp3) is 0.571. The van der Waals surface area contributed by atoms with E-state index in [1.54, 1.807) is 14.2 Å². The van der Waals surface area contributed by atoms with Crippen LogP contribution in [0, 0.1) is 0 Å². The van der Waals surface area contributed by atoms with Crippen LogP contribution in [0.1, 0.15) is 24.8 Å². The van der Waals surface area contributed by atoms with E-state index in [2.05, 4.69) is 5.32 Å². The zero-order chi connectivity index (χ0) is 13.0. The van der Waals surface area contributed by atoms with Gasteiger partial charge in [-0.25, -0.2) is 0 Å². The summed E-state index contributed by atoms with van der Waals surface area (Å²) >= 11 is 0. The van der Waals surface area contributed by atoms with Gasteiger partial charge >= 0.3 is 0 Å². The van der Waals surface area contributed by atoms with Gasteiger partial charge in [-0.05, 0) is 25.3 Å². The van der Waals surface area contributed by atoms with E-state index in [-0.39, 0.29) is 0 Å². The molecule has 0 aliphatic heterocycles. The number of hydrogen-bond acceptors (Lipinski definition) is 4. The lowest BCUT2D eigenvalue weighted by atomic mass is 10.1. The third kappa shape index (κ3) is 3.15. The van der Waals surface area contributed by atoms with Gasteiger partial charge in [0.1, 0.15) is 11.5 Å². The maximum atomic E-state index is 5.91. The van der Waals surface area contributed by atoms with Gasteiger partial charge in [-0.3, -0.25) is 0 Å². The van der Waals surface area contributed by atoms with Gasteiger partial charge in [0.2, 0.25) is 0 Å². The summed E-state index contributed by atoms with van der Waals surface area (Å²) in [6, 6.07) is 6.81. The molecule has 0 amide bonds. The number of benzene rings is 1. The molecule has 4 nitrogen and oxygen atoms in total. The van der Waals surface area contributed by atoms with Crippen molar-refractivity contribution in [1.82, 2.24) is 5.32 Å². The summed E-state index contributed by atoms with van der Waals surface area (Å²) in [5.74, 6) is 1.68. The van der Waals surface area contributed by atoms with Crippen LogP contribution in [0.3, 0.4) is 0 Å². The van der Waals surface area contributed by atoms with Crippen molar-refractivity contribution in [2.75, 3.05) is 14.2 Å². The second-order valence-corrected chi connectivity index (χ2v) is 4.83. The largest absolute Gasteiger partial charge is 0.497 e. The molecular formula is C14H22N2O2. The van der Waals surface area contributed by atoms with Gasteiger partial charge in [0, 0.05) is 30.3 Å². The van der Waals surface area contributed by atoms with Crippen LogP contribution in [0.15, 0.2) is 18.2 Å². The Labute approximate surface area is 108 Å². The van der Waals surface area contributed by atoms with E-state index in [9.17, 15) is 0 Å². The molecule has 1 aliphatic rings. The molecule has 0 radical (unpaired) electrons. The highest BCUT2D eigenvalue weighted by atomic mass is 16.5. The van der Waals surface area contributed by atoms with Crippen LogP contribution in [0.2, 0.25) is 0 Å². The molecule has 2 atom stereocenters. The molecule has 2 rings (SSSR count). The highest BCUT2D eigenvalue weighted by molar-refractivity contribution is 5.40. The van der Waals surface area contributed by atoms with Crippen molar-refractivity contribution in [2.24, 2.45) is 5.73 Å². The highest BCUT2D eigenvalue weighted by Crippen LogP contribution is 2.25. The molecule has 1 aliphatic carbocycles. The molecule has 4 heteroatoms. The SMILES string of the molecule is COc1ccc(CNC2CCC(N)C2)c(OC)c1. The standard InChI is InChI=1S/C14H22N2O2/c1-17-13-6-3-10(14(8-13)18-2)9-16-12-5-4-11(15)7-12/h3,6,8,11-12,16H,4-5,7,9,15H2,1-2H3. The summed E-state index contributed by atoms with van der Waals surface area (Å²) in [6.07, 6.45) is 3.36. The fourth-order valence-electron chi connectivity index (χ4n) is 2.45. The maximum Gasteiger partial charge on any atom is 0.127 e. The maximum absolute atomic E-state index is 5.91. The molecule has 1 aromatic rings. The minimum absolute atomic E-state index is 0.361. The summed E-state index contributed by atoms with van der Waals surface area (Å²) < 4.78 is 10.6. The predicted octanol–water partition coefficient (Wildman–Crippen LogP) is 1.67. The summed E-state index contributed by atoms with van der Waals surface area (Å²) in [6.45, 7) is 0.810. The van der Waals surface area contributed by atoms with Crippen molar-refractivity contribution in [2.45, 2.75) is 37.9 Å². The minimum Gasteiger partial charge on any atom is -0.497 e. The van der Waals surface area contributed by atoms with Crippen LogP contribution in [0.4, 0.5) is 0 Å². The van der Waals surface area contributed by atoms with Crippen LogP contribution in [0.5, 0.6) is 11.5 Å². The zero-order valence-electron chi connectivity index (χ0n) is 11.1. The number of nitrogens with two attached hydrogens (primary N) is 1. The van der Waals surface area contributed by atoms with Gasteiger partial charge < -0.3 is 20.5 Å². The Balaban J connectivity index is 1.96. The van der Waals surface area contributed by atoms with E-state index in [0.717, 1.165) is 36.4 Å². The molecule has 0 heterocycles. The topological polar surface area (TPSA) is 56.5 Å². The fourth-order valence-corrected chi connectivity index (χ4v) is 2.45. The lowest BCUT2D eigenvalue weighted by molar-refractivity contribution is 0.388. The van der Waals surface area contributed by atoms with Crippen molar-refractivity contribution in [3.8, 4) is 11.5 Å². The lowest BCUT2D eigenvalue weighted by Crippen LogP contribution is -2.28. The zero-order valence-corrected chi connectivity index (χ0v) is 11.1. The van der Waals surface area contributed by atoms with E-state index in [0.29, 0.717) is 12.1 Å². The number of methoxy groups -OCH3 is 2. The van der Waals surface area contributed by atoms with Crippen molar-refractivity contribution in [1.29, 1.82) is 0 Å². The first kappa shape index (κ1) is 13.2. The van der Waals surface area contributed by atoms with E-state index < -0.39 is 0 Å². The third-order valence-corrected chi connectivity index (χ3v) is 3.55. The van der Waals surface area contributed by atoms with Gasteiger partial charge in [-0.2, -0.15) is 0 Å². The lowest BCUT2D eigenvalue weighted by Gasteiger charge is -2.15. The van der Waals surface area contributed by atoms with Crippen molar-refractivity contribution in [3.05, 3.63) is 23.8 Å². The van der Waals surface area contributed by atoms with Crippen LogP contribution < -0.4 is 20.5 Å². The average Bonchev–Trinajstić information content (AvgIpc) is 2.82. The number of hydrogen-bond donors (Lipinski definition) is 2. The molecule has 2 unspecified atom stereocenters. The van der Waals surface area contributed by atoms with Gasteiger partial charge in [0.25, 0.3) is 0 Å². The average molecular weight is 250 g/mol. The minimum atomic E-state index is 0.361. The van der Waals surface area contributed by atoms with Crippen molar-refractivity contribution in [3.63, 3.8) is 0 Å². The molecule has 0 spiro atoms. The summed E-state index contributed by atoms with van der Waals surface area (Å²) in [7, 11) is 3.34. The second-order valence-electron chi connectivity index (χ2n) is 4.83. The van der Waals surface area contributed by atoms with E-state index in [4.69, 9.17) is 15.2 Å². The predicted molar refractivity (Wildman–Crippen MR) is 72.0 cm³/mol. The third-order valence-electron chi connectivity index (χ3n) is 3.55. The second kappa shape index (κ2) is 6.07. The van der Waals surface area contributed by atoms with Crippen molar-refractivity contribution >= 4 is 0 Å². The first-order valence-electron chi connectivity index (χ1n) is 6.42. The van der Waals surface area contributed by atoms with Crippen LogP contribution in [0.25, 0.3) is 0 Å². The van der Waals surface area contributed by atoms with Crippen LogP contribution >= 0.6 is 0 Å². The Morgan fingerprint density at radius 1 is 1.28 bits per heavy atom. The van der Waals surface area contributed by atoms with Crippen molar-refractivity contribution < 1.29 is 9.47 Å². The Morgan fingerprint density at radius 2 is 2.11 bits per heavy atom. The summed E-state index contributed by atoms with van der Waals surface area (Å²) in [5.41, 5.74) is 7.06. The van der Waals surface area contributed by atoms with Gasteiger partial charge in [0.15, 0.2) is 0 Å². The molecule has 1 aromatic carbocycles. The molecule has 3 N–H and O–H groups in total. The van der Waals surface area contributed by atoms with E-state index in [1.807, 2.05) is 18.2 Å². The first-order valence-corrected chi connectivity index (χ1v) is 6.42. The Hall–Kier alpha value is -1.26. The van der Waals surface area contributed by atoms with Gasteiger partial charge in [-0.1, -0.05) is 6.07 Å². The Kier molecular flexibility index (Phi) is 4.44. The number of ether oxygens (including phenoxy) is 2. The monoisotopic (exact) mass is 250 g/mol. The van der Waals surface area contributed by atoms with Gasteiger partial charge in [-0.15, -0.1) is 0 Å². The molecule has 0 bridgehead atoms. The summed E-state index contributed by atoms with van der Waals surface area (Å²) in [5, 5.41) is 3.54. The van der Waals surface area contributed by atoms with E-state index in [1.165, 1.54) is 6.42 Å². The quantitative estimate of drug-likeness (QED) is 0.834. The number of rotatable bonds is 5. The molecule has 100 valence electrons. The Morgan fingerprint density at radius 3 is 2.72 bits per heavy atom. The molecule has 18 heavy (non-hydrogen) atoms. The normalized spacial score (nSPS) is 23.1. The smallest absolute Gasteiger partial charge is 0.127 e. The molecule has 0 saturated heterocycles. The Bertz CT molecular complexity index is 395. The first-order chi connectivity index (χ1) is 8.72. The highest BCUT2D eigenvalue weighted by Gasteiger charge is 2.21. The molecule has 1 fully saturated rings. The van der Waals surface area contributed by atoms with E-state index >= 15 is 0 Å². The van der Waals surface area contributed by atoms with Crippen LogP contribution in [-0.2, 0) is 6.54 Å². The summed E-state index contributed by atoms with van der Waals surface area (Å²) in [4.78, 5) is 0.